The largest absolute Gasteiger partial charge is 0.362 e. The van der Waals surface area contributed by atoms with E-state index in [2.05, 4.69) is 43.1 Å². The average molecular weight is 365 g/mol. The first-order valence-corrected chi connectivity index (χ1v) is 10.7. The molecule has 1 aromatic rings. The minimum absolute atomic E-state index is 0.152. The van der Waals surface area contributed by atoms with Gasteiger partial charge < -0.3 is 9.88 Å². The van der Waals surface area contributed by atoms with E-state index in [9.17, 15) is 4.79 Å². The molecule has 1 aliphatic heterocycles. The summed E-state index contributed by atoms with van der Waals surface area (Å²) in [7, 11) is 2.01. The summed E-state index contributed by atoms with van der Waals surface area (Å²) in [5, 5.41) is 0. The van der Waals surface area contributed by atoms with E-state index < -0.39 is 0 Å². The number of carbonyl (C=O) groups excluding carboxylic acids is 1. The Morgan fingerprint density at radius 2 is 2.04 bits per heavy atom. The molecule has 3 nitrogen and oxygen atoms in total. The number of carbonyl (C=O) groups is 1. The van der Waals surface area contributed by atoms with Gasteiger partial charge in [0, 0.05) is 30.4 Å². The standard InChI is InChI=1S/C24H32N2O/c1-23-12-10-20-18(7-9-21-24(20,2)13-11-22(27)26(21)3)19(23)8-6-16(23)15-17-5-4-14-25-17/h4-5,11,13-15,18-21,25H,6-10,12H2,1-3H3/t18-,19-,20+,21?,23+,24+/m0/s1. The number of rotatable bonds is 1. The molecule has 0 spiro atoms. The van der Waals surface area contributed by atoms with Crippen molar-refractivity contribution in [2.75, 3.05) is 7.05 Å². The van der Waals surface area contributed by atoms with Crippen LogP contribution < -0.4 is 0 Å². The van der Waals surface area contributed by atoms with E-state index >= 15 is 0 Å². The molecule has 5 rings (SSSR count). The molecule has 0 aromatic carbocycles. The van der Waals surface area contributed by atoms with E-state index in [0.717, 1.165) is 18.3 Å². The van der Waals surface area contributed by atoms with Crippen LogP contribution in [0.2, 0.25) is 0 Å². The van der Waals surface area contributed by atoms with Gasteiger partial charge in [-0.1, -0.05) is 25.5 Å². The molecule has 2 heterocycles. The predicted octanol–water partition coefficient (Wildman–Crippen LogP) is 5.04. The lowest BCUT2D eigenvalue weighted by Gasteiger charge is -2.59. The first-order valence-electron chi connectivity index (χ1n) is 10.7. The lowest BCUT2D eigenvalue weighted by atomic mass is 9.48. The maximum Gasteiger partial charge on any atom is 0.246 e. The average Bonchev–Trinajstić information content (AvgIpc) is 3.27. The molecule has 1 amide bonds. The molecule has 3 aliphatic carbocycles. The van der Waals surface area contributed by atoms with E-state index in [4.69, 9.17) is 0 Å². The van der Waals surface area contributed by atoms with Gasteiger partial charge >= 0.3 is 0 Å². The molecular formula is C24H32N2O. The van der Waals surface area contributed by atoms with Crippen LogP contribution in [0, 0.1) is 28.6 Å². The number of fused-ring (bicyclic) bond motifs is 5. The quantitative estimate of drug-likeness (QED) is 0.745. The minimum atomic E-state index is 0.152. The van der Waals surface area contributed by atoms with Gasteiger partial charge in [-0.2, -0.15) is 0 Å². The SMILES string of the molecule is CN1C(=O)C=C[C@@]2(C)C1CC[C@@H]1[C@H]2CC[C@]2(C)C(=Cc3ccc[nH]3)CC[C@@H]12. The Hall–Kier alpha value is -1.77. The maximum absolute atomic E-state index is 12.2. The van der Waals surface area contributed by atoms with Gasteiger partial charge in [-0.05, 0) is 86.0 Å². The zero-order valence-corrected chi connectivity index (χ0v) is 16.9. The van der Waals surface area contributed by atoms with E-state index in [1.165, 1.54) is 37.8 Å². The lowest BCUT2D eigenvalue weighted by molar-refractivity contribution is -0.137. The highest BCUT2D eigenvalue weighted by atomic mass is 16.2. The van der Waals surface area contributed by atoms with Crippen molar-refractivity contribution in [3.8, 4) is 0 Å². The molecule has 3 heteroatoms. The first-order chi connectivity index (χ1) is 12.9. The number of allylic oxidation sites excluding steroid dienone is 1. The fraction of sp³-hybridized carbons (Fsp3) is 0.625. The third-order valence-electron chi connectivity index (χ3n) is 8.93. The maximum atomic E-state index is 12.2. The van der Waals surface area contributed by atoms with Gasteiger partial charge in [-0.15, -0.1) is 0 Å². The Labute approximate surface area is 162 Å². The number of hydrogen-bond donors (Lipinski definition) is 1. The number of likely N-dealkylation sites (N-methyl/N-ethyl adjacent to an activating group) is 1. The Balaban J connectivity index is 1.47. The highest BCUT2D eigenvalue weighted by molar-refractivity contribution is 5.89. The molecule has 3 saturated carbocycles. The summed E-state index contributed by atoms with van der Waals surface area (Å²) < 4.78 is 0. The van der Waals surface area contributed by atoms with Gasteiger partial charge in [-0.25, -0.2) is 0 Å². The number of nitrogens with zero attached hydrogens (tertiary/aromatic N) is 1. The second-order valence-electron chi connectivity index (χ2n) is 9.91. The van der Waals surface area contributed by atoms with Crippen LogP contribution in [0.3, 0.4) is 0 Å². The number of amides is 1. The van der Waals surface area contributed by atoms with E-state index in [1.807, 2.05) is 24.2 Å². The molecular weight excluding hydrogens is 332 g/mol. The van der Waals surface area contributed by atoms with E-state index in [0.29, 0.717) is 17.4 Å². The van der Waals surface area contributed by atoms with Crippen molar-refractivity contribution in [2.45, 2.75) is 58.4 Å². The lowest BCUT2D eigenvalue weighted by Crippen LogP contribution is -2.59. The first kappa shape index (κ1) is 17.3. The van der Waals surface area contributed by atoms with E-state index in [-0.39, 0.29) is 11.3 Å². The summed E-state index contributed by atoms with van der Waals surface area (Å²) in [5.74, 6) is 2.50. The zero-order chi connectivity index (χ0) is 18.8. The summed E-state index contributed by atoms with van der Waals surface area (Å²) >= 11 is 0. The van der Waals surface area contributed by atoms with Crippen molar-refractivity contribution in [1.82, 2.24) is 9.88 Å². The van der Waals surface area contributed by atoms with Crippen LogP contribution in [-0.2, 0) is 4.79 Å². The van der Waals surface area contributed by atoms with Crippen LogP contribution in [0.15, 0.2) is 36.1 Å². The molecule has 3 fully saturated rings. The Bertz CT molecular complexity index is 806. The van der Waals surface area contributed by atoms with Crippen molar-refractivity contribution >= 4 is 12.0 Å². The molecule has 0 bridgehead atoms. The van der Waals surface area contributed by atoms with Crippen LogP contribution in [0.25, 0.3) is 6.08 Å². The summed E-state index contributed by atoms with van der Waals surface area (Å²) in [5.41, 5.74) is 3.42. The smallest absolute Gasteiger partial charge is 0.246 e. The second kappa shape index (κ2) is 5.86. The van der Waals surface area contributed by atoms with Crippen molar-refractivity contribution in [3.05, 3.63) is 41.7 Å². The van der Waals surface area contributed by atoms with Crippen LogP contribution in [0.5, 0.6) is 0 Å². The third kappa shape index (κ3) is 2.36. The molecule has 1 N–H and O–H groups in total. The number of H-pyrrole nitrogens is 1. The summed E-state index contributed by atoms with van der Waals surface area (Å²) in [6.07, 6.45) is 16.2. The monoisotopic (exact) mass is 364 g/mol. The highest BCUT2D eigenvalue weighted by Crippen LogP contribution is 2.65. The van der Waals surface area contributed by atoms with Gasteiger partial charge in [0.05, 0.1) is 0 Å². The van der Waals surface area contributed by atoms with E-state index in [1.54, 1.807) is 5.57 Å². The van der Waals surface area contributed by atoms with Crippen LogP contribution in [0.4, 0.5) is 0 Å². The molecule has 0 saturated heterocycles. The fourth-order valence-corrected chi connectivity index (χ4v) is 7.45. The van der Waals surface area contributed by atoms with Gasteiger partial charge in [-0.3, -0.25) is 4.79 Å². The van der Waals surface area contributed by atoms with Crippen molar-refractivity contribution in [1.29, 1.82) is 0 Å². The second-order valence-corrected chi connectivity index (χ2v) is 9.91. The summed E-state index contributed by atoms with van der Waals surface area (Å²) in [4.78, 5) is 17.6. The molecule has 6 atom stereocenters. The fourth-order valence-electron chi connectivity index (χ4n) is 7.45. The molecule has 144 valence electrons. The topological polar surface area (TPSA) is 36.1 Å². The van der Waals surface area contributed by atoms with Crippen molar-refractivity contribution < 1.29 is 4.79 Å². The number of hydrogen-bond acceptors (Lipinski definition) is 1. The summed E-state index contributed by atoms with van der Waals surface area (Å²) in [6.45, 7) is 4.97. The molecule has 4 aliphatic rings. The van der Waals surface area contributed by atoms with Crippen LogP contribution in [-0.4, -0.2) is 28.9 Å². The van der Waals surface area contributed by atoms with Gasteiger partial charge in [0.1, 0.15) is 0 Å². The summed E-state index contributed by atoms with van der Waals surface area (Å²) in [6, 6.07) is 4.66. The molecule has 1 aromatic heterocycles. The zero-order valence-electron chi connectivity index (χ0n) is 16.9. The molecule has 0 radical (unpaired) electrons. The van der Waals surface area contributed by atoms with Crippen LogP contribution in [0.1, 0.15) is 58.1 Å². The van der Waals surface area contributed by atoms with Crippen molar-refractivity contribution in [3.63, 3.8) is 0 Å². The Kier molecular flexibility index (Phi) is 3.76. The number of nitrogens with one attached hydrogen (secondary N) is 1. The Morgan fingerprint density at radius 1 is 1.19 bits per heavy atom. The van der Waals surface area contributed by atoms with Crippen LogP contribution >= 0.6 is 0 Å². The Morgan fingerprint density at radius 3 is 2.81 bits per heavy atom. The highest BCUT2D eigenvalue weighted by Gasteiger charge is 2.59. The minimum Gasteiger partial charge on any atom is -0.362 e. The van der Waals surface area contributed by atoms with Crippen molar-refractivity contribution in [2.24, 2.45) is 28.6 Å². The van der Waals surface area contributed by atoms with Gasteiger partial charge in [0.25, 0.3) is 0 Å². The number of aromatic nitrogens is 1. The third-order valence-corrected chi connectivity index (χ3v) is 8.93. The predicted molar refractivity (Wildman–Crippen MR) is 109 cm³/mol. The molecule has 1 unspecified atom stereocenters. The number of aromatic amines is 1. The normalized spacial score (nSPS) is 44.9. The van der Waals surface area contributed by atoms with Gasteiger partial charge in [0.2, 0.25) is 5.91 Å². The van der Waals surface area contributed by atoms with Gasteiger partial charge in [0.15, 0.2) is 0 Å². The molecule has 27 heavy (non-hydrogen) atoms.